The topological polar surface area (TPSA) is 144 Å². The maximum absolute atomic E-state index is 13.5. The molecule has 6 rings (SSSR count). The minimum absolute atomic E-state index is 0.00515. The molecule has 1 aliphatic heterocycles. The molecule has 0 aromatic carbocycles. The molecule has 0 unspecified atom stereocenters. The van der Waals surface area contributed by atoms with Crippen LogP contribution in [0, 0.1) is 5.92 Å². The number of nitrogens with zero attached hydrogens (tertiary/aromatic N) is 5. The highest BCUT2D eigenvalue weighted by Gasteiger charge is 2.34. The standard InChI is InChI=1S/C28H28ClN7O5/c1-35-11-10-30-26(35)19-7-8-20-23(32-19)24(25(41-20)28(39)33-21-9-4-17(29)14-31-21)34-27(38)16-2-5-18(6-3-16)36-12-13-40-15-22(36)37/h4,7-11,14,16,18H,2-3,5-6,12-13,15H2,1H3,(H,34,38)(H,31,33,39). The molecule has 2 fully saturated rings. The lowest BCUT2D eigenvalue weighted by atomic mass is 9.84. The van der Waals surface area contributed by atoms with Crippen molar-refractivity contribution in [3.63, 3.8) is 0 Å². The van der Waals surface area contributed by atoms with Crippen molar-refractivity contribution in [2.24, 2.45) is 13.0 Å². The first kappa shape index (κ1) is 26.9. The highest BCUT2D eigenvalue weighted by Crippen LogP contribution is 2.34. The summed E-state index contributed by atoms with van der Waals surface area (Å²) in [5, 5.41) is 6.06. The van der Waals surface area contributed by atoms with E-state index in [1.807, 2.05) is 16.5 Å². The van der Waals surface area contributed by atoms with E-state index in [1.165, 1.54) is 6.20 Å². The van der Waals surface area contributed by atoms with Crippen molar-refractivity contribution in [2.75, 3.05) is 30.4 Å². The van der Waals surface area contributed by atoms with Gasteiger partial charge in [-0.05, 0) is 49.9 Å². The number of amides is 3. The summed E-state index contributed by atoms with van der Waals surface area (Å²) in [6, 6.07) is 6.71. The number of carbonyl (C=O) groups is 3. The number of nitrogens with one attached hydrogen (secondary N) is 2. The van der Waals surface area contributed by atoms with Crippen LogP contribution in [0.4, 0.5) is 11.5 Å². The Balaban J connectivity index is 1.27. The number of fused-ring (bicyclic) bond motifs is 1. The summed E-state index contributed by atoms with van der Waals surface area (Å²) in [6.07, 6.45) is 7.54. The molecule has 2 aliphatic rings. The fourth-order valence-electron chi connectivity index (χ4n) is 5.40. The number of morpholine rings is 1. The van der Waals surface area contributed by atoms with Crippen molar-refractivity contribution < 1.29 is 23.5 Å². The van der Waals surface area contributed by atoms with Crippen molar-refractivity contribution in [3.05, 3.63) is 53.6 Å². The molecule has 0 spiro atoms. The largest absolute Gasteiger partial charge is 0.447 e. The number of anilines is 2. The Morgan fingerprint density at radius 2 is 1.90 bits per heavy atom. The first-order valence-electron chi connectivity index (χ1n) is 13.4. The number of hydrogen-bond acceptors (Lipinski definition) is 8. The molecule has 1 saturated carbocycles. The average Bonchev–Trinajstić information content (AvgIpc) is 3.57. The number of pyridine rings is 2. The minimum atomic E-state index is -0.596. The SMILES string of the molecule is Cn1ccnc1-c1ccc2oc(C(=O)Nc3ccc(Cl)cn3)c(NC(=O)C3CCC(N4CCOCC4=O)CC3)c2n1. The van der Waals surface area contributed by atoms with E-state index >= 15 is 0 Å². The number of imidazole rings is 1. The highest BCUT2D eigenvalue weighted by molar-refractivity contribution is 6.30. The molecule has 3 amide bonds. The second kappa shape index (κ2) is 11.3. The Hall–Kier alpha value is -4.29. The van der Waals surface area contributed by atoms with Gasteiger partial charge < -0.3 is 29.3 Å². The van der Waals surface area contributed by atoms with Gasteiger partial charge in [-0.1, -0.05) is 11.6 Å². The Morgan fingerprint density at radius 1 is 1.07 bits per heavy atom. The highest BCUT2D eigenvalue weighted by atomic mass is 35.5. The van der Waals surface area contributed by atoms with Gasteiger partial charge in [-0.3, -0.25) is 14.4 Å². The van der Waals surface area contributed by atoms with Gasteiger partial charge in [-0.25, -0.2) is 15.0 Å². The third-order valence-electron chi connectivity index (χ3n) is 7.54. The number of ether oxygens (including phenoxy) is 1. The van der Waals surface area contributed by atoms with Crippen molar-refractivity contribution >= 4 is 51.9 Å². The van der Waals surface area contributed by atoms with Gasteiger partial charge in [0, 0.05) is 44.1 Å². The van der Waals surface area contributed by atoms with Crippen LogP contribution in [0.25, 0.3) is 22.6 Å². The molecule has 0 bridgehead atoms. The summed E-state index contributed by atoms with van der Waals surface area (Å²) >= 11 is 5.92. The summed E-state index contributed by atoms with van der Waals surface area (Å²) in [5.41, 5.74) is 1.41. The van der Waals surface area contributed by atoms with Gasteiger partial charge in [0.05, 0.1) is 11.6 Å². The number of halogens is 1. The summed E-state index contributed by atoms with van der Waals surface area (Å²) in [7, 11) is 1.85. The fraction of sp³-hybridized carbons (Fsp3) is 0.357. The lowest BCUT2D eigenvalue weighted by molar-refractivity contribution is -0.146. The molecule has 2 N–H and O–H groups in total. The summed E-state index contributed by atoms with van der Waals surface area (Å²) in [6.45, 7) is 1.22. The van der Waals surface area contributed by atoms with Gasteiger partial charge in [-0.15, -0.1) is 0 Å². The van der Waals surface area contributed by atoms with Gasteiger partial charge in [0.2, 0.25) is 17.6 Å². The Kier molecular flexibility index (Phi) is 7.41. The second-order valence-corrected chi connectivity index (χ2v) is 10.6. The molecule has 13 heteroatoms. The number of aryl methyl sites for hydroxylation is 1. The van der Waals surface area contributed by atoms with Crippen molar-refractivity contribution in [2.45, 2.75) is 31.7 Å². The van der Waals surface area contributed by atoms with E-state index in [2.05, 4.69) is 20.6 Å². The summed E-state index contributed by atoms with van der Waals surface area (Å²) in [4.78, 5) is 54.2. The Bertz CT molecular complexity index is 1610. The van der Waals surface area contributed by atoms with Crippen LogP contribution in [-0.2, 0) is 21.4 Å². The van der Waals surface area contributed by atoms with Crippen molar-refractivity contribution in [1.82, 2.24) is 24.4 Å². The van der Waals surface area contributed by atoms with E-state index < -0.39 is 5.91 Å². The lowest BCUT2D eigenvalue weighted by Gasteiger charge is -2.38. The van der Waals surface area contributed by atoms with Crippen LogP contribution in [-0.4, -0.2) is 67.9 Å². The molecule has 4 aromatic heterocycles. The molecular formula is C28H28ClN7O5. The molecule has 1 saturated heterocycles. The van der Waals surface area contributed by atoms with E-state index in [4.69, 9.17) is 25.7 Å². The Labute approximate surface area is 240 Å². The first-order chi connectivity index (χ1) is 19.9. The van der Waals surface area contributed by atoms with Crippen LogP contribution in [0.3, 0.4) is 0 Å². The summed E-state index contributed by atoms with van der Waals surface area (Å²) < 4.78 is 13.0. The lowest BCUT2D eigenvalue weighted by Crippen LogP contribution is -2.49. The quantitative estimate of drug-likeness (QED) is 0.351. The first-order valence-corrected chi connectivity index (χ1v) is 13.8. The maximum atomic E-state index is 13.5. The molecule has 0 radical (unpaired) electrons. The van der Waals surface area contributed by atoms with Gasteiger partial charge in [-0.2, -0.15) is 0 Å². The fourth-order valence-corrected chi connectivity index (χ4v) is 5.51. The van der Waals surface area contributed by atoms with E-state index in [-0.39, 0.29) is 47.6 Å². The van der Waals surface area contributed by atoms with Gasteiger partial charge in [0.15, 0.2) is 11.4 Å². The third-order valence-corrected chi connectivity index (χ3v) is 7.76. The second-order valence-electron chi connectivity index (χ2n) is 10.2. The molecule has 4 aromatic rings. The molecule has 0 atom stereocenters. The number of furan rings is 1. The van der Waals surface area contributed by atoms with E-state index in [0.29, 0.717) is 66.5 Å². The molecule has 212 valence electrons. The Morgan fingerprint density at radius 3 is 2.61 bits per heavy atom. The molecule has 41 heavy (non-hydrogen) atoms. The molecule has 1 aliphatic carbocycles. The smallest absolute Gasteiger partial charge is 0.294 e. The van der Waals surface area contributed by atoms with Crippen LogP contribution >= 0.6 is 11.6 Å². The van der Waals surface area contributed by atoms with Crippen molar-refractivity contribution in [3.8, 4) is 11.5 Å². The predicted molar refractivity (Wildman–Crippen MR) is 150 cm³/mol. The van der Waals surface area contributed by atoms with E-state index in [0.717, 1.165) is 0 Å². The number of carbonyl (C=O) groups excluding carboxylic acids is 3. The summed E-state index contributed by atoms with van der Waals surface area (Å²) in [5.74, 6) is -0.327. The maximum Gasteiger partial charge on any atom is 0.294 e. The van der Waals surface area contributed by atoms with E-state index in [1.54, 1.807) is 36.7 Å². The molecule has 12 nitrogen and oxygen atoms in total. The normalized spacial score (nSPS) is 19.4. The zero-order valence-electron chi connectivity index (χ0n) is 22.3. The molecule has 5 heterocycles. The molecular weight excluding hydrogens is 550 g/mol. The van der Waals surface area contributed by atoms with Gasteiger partial charge in [0.1, 0.15) is 29.3 Å². The van der Waals surface area contributed by atoms with Gasteiger partial charge >= 0.3 is 0 Å². The monoisotopic (exact) mass is 577 g/mol. The number of rotatable bonds is 6. The zero-order chi connectivity index (χ0) is 28.5. The third kappa shape index (κ3) is 5.52. The van der Waals surface area contributed by atoms with Crippen LogP contribution in [0.2, 0.25) is 5.02 Å². The average molecular weight is 578 g/mol. The predicted octanol–water partition coefficient (Wildman–Crippen LogP) is 3.89. The zero-order valence-corrected chi connectivity index (χ0v) is 23.1. The van der Waals surface area contributed by atoms with Crippen LogP contribution < -0.4 is 10.6 Å². The van der Waals surface area contributed by atoms with Gasteiger partial charge in [0.25, 0.3) is 5.91 Å². The number of aromatic nitrogens is 4. The number of hydrogen-bond donors (Lipinski definition) is 2. The van der Waals surface area contributed by atoms with E-state index in [9.17, 15) is 14.4 Å². The van der Waals surface area contributed by atoms with Crippen LogP contribution in [0.15, 0.2) is 47.3 Å². The minimum Gasteiger partial charge on any atom is -0.447 e. The van der Waals surface area contributed by atoms with Crippen LogP contribution in [0.5, 0.6) is 0 Å². The van der Waals surface area contributed by atoms with Crippen molar-refractivity contribution in [1.29, 1.82) is 0 Å². The van der Waals surface area contributed by atoms with Crippen LogP contribution in [0.1, 0.15) is 36.2 Å².